The molecule has 1 fully saturated rings. The second kappa shape index (κ2) is 15.1. The van der Waals surface area contributed by atoms with Gasteiger partial charge in [-0.3, -0.25) is 9.59 Å². The number of unbranched alkanes of at least 4 members (excludes halogenated alkanes) is 2. The highest BCUT2D eigenvalue weighted by Crippen LogP contribution is 2.55. The summed E-state index contributed by atoms with van der Waals surface area (Å²) in [6.45, 7) is 1.99. The highest BCUT2D eigenvalue weighted by molar-refractivity contribution is 5.90. The van der Waals surface area contributed by atoms with Gasteiger partial charge in [-0.1, -0.05) is 19.8 Å². The van der Waals surface area contributed by atoms with E-state index in [0.717, 1.165) is 36.0 Å². The van der Waals surface area contributed by atoms with Gasteiger partial charge in [-0.2, -0.15) is 4.89 Å². The van der Waals surface area contributed by atoms with Gasteiger partial charge >= 0.3 is 11.9 Å². The van der Waals surface area contributed by atoms with E-state index in [1.54, 1.807) is 12.1 Å². The predicted molar refractivity (Wildman–Crippen MR) is 161 cm³/mol. The Morgan fingerprint density at radius 2 is 1.77 bits per heavy atom. The van der Waals surface area contributed by atoms with Gasteiger partial charge in [0.2, 0.25) is 6.79 Å². The topological polar surface area (TPSA) is 198 Å². The number of aliphatic hydroxyl groups is 3. The van der Waals surface area contributed by atoms with Gasteiger partial charge in [-0.05, 0) is 43.0 Å². The zero-order valence-electron chi connectivity index (χ0n) is 26.4. The van der Waals surface area contributed by atoms with E-state index >= 15 is 0 Å². The van der Waals surface area contributed by atoms with Crippen LogP contribution >= 0.6 is 0 Å². The van der Waals surface area contributed by atoms with E-state index in [4.69, 9.17) is 48.0 Å². The third-order valence-electron chi connectivity index (χ3n) is 8.66. The number of esters is 1. The maximum Gasteiger partial charge on any atom is 0.317 e. The summed E-state index contributed by atoms with van der Waals surface area (Å²) in [7, 11) is 0. The van der Waals surface area contributed by atoms with Crippen LogP contribution in [0, 0.1) is 0 Å². The largest absolute Gasteiger partial charge is 0.492 e. The first kappa shape index (κ1) is 34.0. The molecular weight excluding hydrogens is 636 g/mol. The second-order valence-electron chi connectivity index (χ2n) is 12.0. The predicted octanol–water partition coefficient (Wildman–Crippen LogP) is 2.30. The molecule has 15 heteroatoms. The SMILES string of the molecule is CCCCCc1cc(OOC2C(O)OC(COC(=O)CC(=O)O)C(OCCCO)C2O)cc2c1OCC1c3cc4c(cc3OC21)OCO4. The van der Waals surface area contributed by atoms with Gasteiger partial charge in [0.05, 0.1) is 12.5 Å². The number of ether oxygens (including phenoxy) is 7. The molecule has 2 aromatic rings. The molecular formula is C33H40O15. The highest BCUT2D eigenvalue weighted by atomic mass is 17.2. The number of rotatable bonds is 15. The Bertz CT molecular complexity index is 1460. The Hall–Kier alpha value is -3.86. The molecule has 4 aliphatic heterocycles. The van der Waals surface area contributed by atoms with Crippen molar-refractivity contribution in [3.63, 3.8) is 0 Å². The molecule has 0 bridgehead atoms. The molecule has 48 heavy (non-hydrogen) atoms. The van der Waals surface area contributed by atoms with Crippen molar-refractivity contribution in [2.75, 3.05) is 33.2 Å². The molecule has 0 spiro atoms. The van der Waals surface area contributed by atoms with Crippen molar-refractivity contribution in [2.24, 2.45) is 0 Å². The molecule has 0 radical (unpaired) electrons. The minimum absolute atomic E-state index is 0.00293. The number of fused-ring (bicyclic) bond motifs is 6. The van der Waals surface area contributed by atoms with Crippen LogP contribution in [-0.2, 0) is 35.1 Å². The molecule has 15 nitrogen and oxygen atoms in total. The monoisotopic (exact) mass is 676 g/mol. The molecule has 6 rings (SSSR count). The average molecular weight is 677 g/mol. The Labute approximate surface area is 276 Å². The highest BCUT2D eigenvalue weighted by Gasteiger charge is 2.48. The fraction of sp³-hybridized carbons (Fsp3) is 0.576. The lowest BCUT2D eigenvalue weighted by Gasteiger charge is -2.41. The summed E-state index contributed by atoms with van der Waals surface area (Å²) in [4.78, 5) is 34.0. The van der Waals surface area contributed by atoms with E-state index in [9.17, 15) is 24.9 Å². The standard InChI is InChI=1S/C33H40O15/c1-2-3-4-6-17-9-18(10-20-29(17)42-14-21-19-11-23-24(44-16-43-23)12-22(19)45-30(20)21)47-48-32-28(38)31(40-8-5-7-34)25(46-33(32)39)15-41-27(37)13-26(35)36/h9-12,21,25,28,30-34,38-39H,2-8,13-16H2,1H3,(H,35,36). The molecule has 262 valence electrons. The van der Waals surface area contributed by atoms with Crippen LogP contribution in [0.5, 0.6) is 28.7 Å². The molecule has 0 saturated carbocycles. The van der Waals surface area contributed by atoms with Gasteiger partial charge in [0, 0.05) is 30.4 Å². The van der Waals surface area contributed by atoms with Crippen LogP contribution in [0.15, 0.2) is 24.3 Å². The lowest BCUT2D eigenvalue weighted by Crippen LogP contribution is -2.60. The lowest BCUT2D eigenvalue weighted by atomic mass is 9.87. The molecule has 7 unspecified atom stereocenters. The summed E-state index contributed by atoms with van der Waals surface area (Å²) >= 11 is 0. The van der Waals surface area contributed by atoms with E-state index in [0.29, 0.717) is 36.0 Å². The first-order valence-corrected chi connectivity index (χ1v) is 16.1. The summed E-state index contributed by atoms with van der Waals surface area (Å²) < 4.78 is 40.2. The lowest BCUT2D eigenvalue weighted by molar-refractivity contribution is -0.368. The van der Waals surface area contributed by atoms with Crippen molar-refractivity contribution < 1.29 is 72.9 Å². The molecule has 7 atom stereocenters. The first-order valence-electron chi connectivity index (χ1n) is 16.1. The van der Waals surface area contributed by atoms with Crippen molar-refractivity contribution in [1.82, 2.24) is 0 Å². The minimum Gasteiger partial charge on any atom is -0.492 e. The average Bonchev–Trinajstić information content (AvgIpc) is 3.67. The quantitative estimate of drug-likeness (QED) is 0.0704. The molecule has 2 aromatic carbocycles. The van der Waals surface area contributed by atoms with Crippen molar-refractivity contribution in [3.05, 3.63) is 41.0 Å². The Morgan fingerprint density at radius 3 is 2.54 bits per heavy atom. The number of aliphatic hydroxyl groups excluding tert-OH is 3. The number of aryl methyl sites for hydroxylation is 1. The van der Waals surface area contributed by atoms with Crippen molar-refractivity contribution in [1.29, 1.82) is 0 Å². The third-order valence-corrected chi connectivity index (χ3v) is 8.66. The van der Waals surface area contributed by atoms with Gasteiger partial charge in [-0.15, -0.1) is 0 Å². The molecule has 1 saturated heterocycles. The molecule has 4 heterocycles. The van der Waals surface area contributed by atoms with Gasteiger partial charge in [0.25, 0.3) is 0 Å². The van der Waals surface area contributed by atoms with Gasteiger partial charge in [-0.25, -0.2) is 0 Å². The van der Waals surface area contributed by atoms with Crippen LogP contribution < -0.4 is 23.8 Å². The van der Waals surface area contributed by atoms with Crippen LogP contribution in [0.3, 0.4) is 0 Å². The smallest absolute Gasteiger partial charge is 0.317 e. The Balaban J connectivity index is 1.20. The Morgan fingerprint density at radius 1 is 0.958 bits per heavy atom. The number of carboxylic acids is 1. The zero-order valence-corrected chi connectivity index (χ0v) is 26.4. The number of carboxylic acid groups (broad SMARTS) is 1. The molecule has 4 N–H and O–H groups in total. The summed E-state index contributed by atoms with van der Waals surface area (Å²) in [5, 5.41) is 40.0. The third kappa shape index (κ3) is 7.26. The fourth-order valence-electron chi connectivity index (χ4n) is 6.31. The van der Waals surface area contributed by atoms with Crippen LogP contribution in [0.25, 0.3) is 0 Å². The van der Waals surface area contributed by atoms with Crippen LogP contribution in [0.2, 0.25) is 0 Å². The summed E-state index contributed by atoms with van der Waals surface area (Å²) in [5.74, 6) is 0.425. The summed E-state index contributed by atoms with van der Waals surface area (Å²) in [6.07, 6.45) is -4.48. The summed E-state index contributed by atoms with van der Waals surface area (Å²) in [6, 6.07) is 7.28. The second-order valence-corrected chi connectivity index (χ2v) is 12.0. The fourth-order valence-corrected chi connectivity index (χ4v) is 6.31. The first-order chi connectivity index (χ1) is 23.3. The van der Waals surface area contributed by atoms with Gasteiger partial charge in [0.1, 0.15) is 48.9 Å². The number of hydrogen-bond acceptors (Lipinski definition) is 14. The number of hydrogen-bond donors (Lipinski definition) is 4. The number of carbonyl (C=O) groups is 2. The number of aliphatic carboxylic acids is 1. The molecule has 0 amide bonds. The van der Waals surface area contributed by atoms with E-state index in [2.05, 4.69) is 6.92 Å². The maximum atomic E-state index is 11.8. The van der Waals surface area contributed by atoms with Crippen LogP contribution in [0.4, 0.5) is 0 Å². The van der Waals surface area contributed by atoms with E-state index in [-0.39, 0.29) is 44.2 Å². The van der Waals surface area contributed by atoms with E-state index in [1.807, 2.05) is 12.1 Å². The minimum atomic E-state index is -1.74. The zero-order chi connectivity index (χ0) is 33.8. The van der Waals surface area contributed by atoms with Gasteiger partial charge < -0.3 is 58.5 Å². The van der Waals surface area contributed by atoms with Crippen LogP contribution in [0.1, 0.15) is 67.7 Å². The van der Waals surface area contributed by atoms with Crippen LogP contribution in [-0.4, -0.2) is 96.3 Å². The Kier molecular flexibility index (Phi) is 10.7. The van der Waals surface area contributed by atoms with Crippen molar-refractivity contribution in [3.8, 4) is 28.7 Å². The van der Waals surface area contributed by atoms with Crippen molar-refractivity contribution in [2.45, 2.75) is 88.2 Å². The molecule has 0 aromatic heterocycles. The van der Waals surface area contributed by atoms with E-state index < -0.39 is 55.7 Å². The van der Waals surface area contributed by atoms with Gasteiger partial charge in [0.15, 0.2) is 29.6 Å². The molecule has 0 aliphatic carbocycles. The van der Waals surface area contributed by atoms with Crippen molar-refractivity contribution >= 4 is 11.9 Å². The number of carbonyl (C=O) groups excluding carboxylic acids is 1. The normalized spacial score (nSPS) is 26.5. The molecule has 4 aliphatic rings. The number of benzene rings is 2. The van der Waals surface area contributed by atoms with E-state index in [1.165, 1.54) is 0 Å². The summed E-state index contributed by atoms with van der Waals surface area (Å²) in [5.41, 5.74) is 2.60. The maximum absolute atomic E-state index is 11.8.